The minimum atomic E-state index is -2.95. The standard InChI is InChI=1S/C14H26N2O3S/c1-3-5-7-12-14(17)16(13(15-12)6-4-2)11-8-9-20(18,19)10-11/h11-13,15H,3-10H2,1-2H3. The third kappa shape index (κ3) is 3.34. The predicted octanol–water partition coefficient (Wildman–Crippen LogP) is 1.29. The molecule has 0 bridgehead atoms. The third-order valence-corrected chi connectivity index (χ3v) is 6.04. The lowest BCUT2D eigenvalue weighted by atomic mass is 10.1. The van der Waals surface area contributed by atoms with Gasteiger partial charge in [0, 0.05) is 6.04 Å². The van der Waals surface area contributed by atoms with Crippen LogP contribution in [0.15, 0.2) is 0 Å². The van der Waals surface area contributed by atoms with Crippen LogP contribution in [0.5, 0.6) is 0 Å². The Morgan fingerprint density at radius 2 is 2.00 bits per heavy atom. The quantitative estimate of drug-likeness (QED) is 0.803. The molecule has 2 rings (SSSR count). The lowest BCUT2D eigenvalue weighted by Crippen LogP contribution is -2.45. The van der Waals surface area contributed by atoms with Crippen LogP contribution in [0.1, 0.15) is 52.4 Å². The zero-order chi connectivity index (χ0) is 14.8. The highest BCUT2D eigenvalue weighted by atomic mass is 32.2. The number of hydrogen-bond acceptors (Lipinski definition) is 4. The van der Waals surface area contributed by atoms with E-state index in [4.69, 9.17) is 0 Å². The summed E-state index contributed by atoms with van der Waals surface area (Å²) in [5.74, 6) is 0.472. The van der Waals surface area contributed by atoms with E-state index in [9.17, 15) is 13.2 Å². The van der Waals surface area contributed by atoms with Crippen LogP contribution in [0, 0.1) is 0 Å². The highest BCUT2D eigenvalue weighted by molar-refractivity contribution is 7.91. The zero-order valence-corrected chi connectivity index (χ0v) is 13.3. The van der Waals surface area contributed by atoms with Crippen LogP contribution in [-0.4, -0.2) is 49.0 Å². The maximum Gasteiger partial charge on any atom is 0.241 e. The van der Waals surface area contributed by atoms with Gasteiger partial charge in [0.15, 0.2) is 9.84 Å². The second-order valence-electron chi connectivity index (χ2n) is 5.97. The molecule has 116 valence electrons. The fourth-order valence-corrected chi connectivity index (χ4v) is 4.97. The molecule has 1 amide bonds. The lowest BCUT2D eigenvalue weighted by molar-refractivity contribution is -0.132. The highest BCUT2D eigenvalue weighted by Crippen LogP contribution is 2.27. The van der Waals surface area contributed by atoms with E-state index in [1.54, 1.807) is 0 Å². The molecule has 3 atom stereocenters. The number of nitrogens with one attached hydrogen (secondary N) is 1. The summed E-state index contributed by atoms with van der Waals surface area (Å²) in [5.41, 5.74) is 0. The molecule has 3 unspecified atom stereocenters. The number of carbonyl (C=O) groups excluding carboxylic acids is 1. The average molecular weight is 302 g/mol. The maximum absolute atomic E-state index is 12.6. The van der Waals surface area contributed by atoms with Crippen LogP contribution in [0.4, 0.5) is 0 Å². The molecule has 2 fully saturated rings. The number of amides is 1. The van der Waals surface area contributed by atoms with Crippen molar-refractivity contribution in [1.82, 2.24) is 10.2 Å². The first-order valence-electron chi connectivity index (χ1n) is 7.77. The molecule has 2 heterocycles. The fraction of sp³-hybridized carbons (Fsp3) is 0.929. The monoisotopic (exact) mass is 302 g/mol. The van der Waals surface area contributed by atoms with Crippen LogP contribution in [-0.2, 0) is 14.6 Å². The van der Waals surface area contributed by atoms with Gasteiger partial charge in [-0.2, -0.15) is 0 Å². The van der Waals surface area contributed by atoms with Gasteiger partial charge in [-0.1, -0.05) is 33.1 Å². The first kappa shape index (κ1) is 15.8. The molecule has 1 N–H and O–H groups in total. The molecule has 0 aromatic carbocycles. The van der Waals surface area contributed by atoms with Gasteiger partial charge in [-0.3, -0.25) is 10.1 Å². The van der Waals surface area contributed by atoms with Gasteiger partial charge in [0.05, 0.1) is 23.7 Å². The summed E-state index contributed by atoms with van der Waals surface area (Å²) >= 11 is 0. The fourth-order valence-electron chi connectivity index (χ4n) is 3.26. The van der Waals surface area contributed by atoms with Crippen LogP contribution >= 0.6 is 0 Å². The van der Waals surface area contributed by atoms with Gasteiger partial charge >= 0.3 is 0 Å². The zero-order valence-electron chi connectivity index (χ0n) is 12.5. The molecule has 0 aliphatic carbocycles. The highest BCUT2D eigenvalue weighted by Gasteiger charge is 2.44. The normalized spacial score (nSPS) is 33.0. The number of sulfone groups is 1. The van der Waals surface area contributed by atoms with Crippen LogP contribution in [0.2, 0.25) is 0 Å². The van der Waals surface area contributed by atoms with Crippen molar-refractivity contribution in [2.24, 2.45) is 0 Å². The molecule has 20 heavy (non-hydrogen) atoms. The van der Waals surface area contributed by atoms with E-state index in [0.717, 1.165) is 32.1 Å². The first-order valence-corrected chi connectivity index (χ1v) is 9.59. The van der Waals surface area contributed by atoms with E-state index in [1.165, 1.54) is 0 Å². The number of rotatable bonds is 6. The molecule has 2 saturated heterocycles. The molecule has 0 aromatic rings. The summed E-state index contributed by atoms with van der Waals surface area (Å²) < 4.78 is 23.3. The third-order valence-electron chi connectivity index (χ3n) is 4.29. The summed E-state index contributed by atoms with van der Waals surface area (Å²) in [6.45, 7) is 4.21. The van der Waals surface area contributed by atoms with E-state index < -0.39 is 9.84 Å². The van der Waals surface area contributed by atoms with Crippen LogP contribution in [0.3, 0.4) is 0 Å². The van der Waals surface area contributed by atoms with Gasteiger partial charge in [-0.05, 0) is 19.3 Å². The largest absolute Gasteiger partial charge is 0.322 e. The molecule has 2 aliphatic rings. The predicted molar refractivity (Wildman–Crippen MR) is 79.0 cm³/mol. The second-order valence-corrected chi connectivity index (χ2v) is 8.20. The van der Waals surface area contributed by atoms with Crippen molar-refractivity contribution in [2.45, 2.75) is 70.6 Å². The Bertz CT molecular complexity index is 449. The van der Waals surface area contributed by atoms with Crippen molar-refractivity contribution in [3.8, 4) is 0 Å². The van der Waals surface area contributed by atoms with Gasteiger partial charge in [-0.15, -0.1) is 0 Å². The molecular formula is C14H26N2O3S. The average Bonchev–Trinajstić information content (AvgIpc) is 2.88. The molecule has 0 saturated carbocycles. The van der Waals surface area contributed by atoms with E-state index >= 15 is 0 Å². The molecule has 6 heteroatoms. The smallest absolute Gasteiger partial charge is 0.241 e. The van der Waals surface area contributed by atoms with Gasteiger partial charge in [0.25, 0.3) is 0 Å². The molecule has 0 spiro atoms. The lowest BCUT2D eigenvalue weighted by Gasteiger charge is -2.29. The SMILES string of the molecule is CCCCC1NC(CCC)N(C2CCS(=O)(=O)C2)C1=O. The number of carbonyl (C=O) groups is 1. The Kier molecular flexibility index (Phi) is 5.07. The van der Waals surface area contributed by atoms with Gasteiger partial charge in [0.2, 0.25) is 5.91 Å². The molecule has 0 radical (unpaired) electrons. The maximum atomic E-state index is 12.6. The molecule has 5 nitrogen and oxygen atoms in total. The number of nitrogens with zero attached hydrogens (tertiary/aromatic N) is 1. The van der Waals surface area contributed by atoms with Crippen molar-refractivity contribution in [3.05, 3.63) is 0 Å². The van der Waals surface area contributed by atoms with E-state index in [1.807, 2.05) is 4.90 Å². The van der Waals surface area contributed by atoms with Crippen molar-refractivity contribution < 1.29 is 13.2 Å². The van der Waals surface area contributed by atoms with Crippen molar-refractivity contribution >= 4 is 15.7 Å². The van der Waals surface area contributed by atoms with E-state index in [-0.39, 0.29) is 35.7 Å². The summed E-state index contributed by atoms with van der Waals surface area (Å²) in [4.78, 5) is 14.4. The molecule has 2 aliphatic heterocycles. The van der Waals surface area contributed by atoms with Crippen molar-refractivity contribution in [3.63, 3.8) is 0 Å². The van der Waals surface area contributed by atoms with E-state index in [0.29, 0.717) is 6.42 Å². The minimum absolute atomic E-state index is 0.0210. The minimum Gasteiger partial charge on any atom is -0.322 e. The van der Waals surface area contributed by atoms with Gasteiger partial charge in [0.1, 0.15) is 0 Å². The van der Waals surface area contributed by atoms with Crippen LogP contribution in [0.25, 0.3) is 0 Å². The van der Waals surface area contributed by atoms with E-state index in [2.05, 4.69) is 19.2 Å². The number of unbranched alkanes of at least 4 members (excludes halogenated alkanes) is 1. The second kappa shape index (κ2) is 6.43. The molecular weight excluding hydrogens is 276 g/mol. The Labute approximate surface area is 122 Å². The summed E-state index contributed by atoms with van der Waals surface area (Å²) in [5, 5.41) is 3.41. The van der Waals surface area contributed by atoms with Crippen LogP contribution < -0.4 is 5.32 Å². The topological polar surface area (TPSA) is 66.5 Å². The Hall–Kier alpha value is -0.620. The Morgan fingerprint density at radius 1 is 1.25 bits per heavy atom. The first-order chi connectivity index (χ1) is 9.48. The van der Waals surface area contributed by atoms with Crippen molar-refractivity contribution in [2.75, 3.05) is 11.5 Å². The van der Waals surface area contributed by atoms with Crippen molar-refractivity contribution in [1.29, 1.82) is 0 Å². The molecule has 0 aromatic heterocycles. The van der Waals surface area contributed by atoms with Gasteiger partial charge in [-0.25, -0.2) is 8.42 Å². The van der Waals surface area contributed by atoms with Gasteiger partial charge < -0.3 is 4.90 Å². The Morgan fingerprint density at radius 3 is 2.55 bits per heavy atom. The summed E-state index contributed by atoms with van der Waals surface area (Å²) in [7, 11) is -2.95. The number of hydrogen-bond donors (Lipinski definition) is 1. The summed E-state index contributed by atoms with van der Waals surface area (Å²) in [6, 6.07) is -0.238. The Balaban J connectivity index is 2.09. The summed E-state index contributed by atoms with van der Waals surface area (Å²) in [6.07, 6.45) is 5.45.